The van der Waals surface area contributed by atoms with Gasteiger partial charge in [-0.2, -0.15) is 0 Å². The number of nitrogens with two attached hydrogens (primary N) is 1. The van der Waals surface area contributed by atoms with Gasteiger partial charge in [0.15, 0.2) is 8.32 Å². The predicted octanol–water partition coefficient (Wildman–Crippen LogP) is 5.07. The quantitative estimate of drug-likeness (QED) is 0.316. The zero-order valence-electron chi connectivity index (χ0n) is 16.3. The third-order valence-electron chi connectivity index (χ3n) is 5.24. The lowest BCUT2D eigenvalue weighted by Gasteiger charge is -2.36. The summed E-state index contributed by atoms with van der Waals surface area (Å²) >= 11 is 0. The topological polar surface area (TPSA) is 91.3 Å². The van der Waals surface area contributed by atoms with Crippen molar-refractivity contribution in [1.82, 2.24) is 4.98 Å². The maximum absolute atomic E-state index is 11.5. The van der Waals surface area contributed by atoms with Crippen LogP contribution in [0.5, 0.6) is 0 Å². The molecule has 0 radical (unpaired) electrons. The standard InChI is InChI=1S/C19H29N3O3Si/c1-19(2,3)26(4,5)25-13-9-8-12-16-18(22(23)24)17(20)14-10-6-7-11-15(14)21-16/h6-7,10-11H,8-9,12-13H2,1-5H3,(H2,20,21). The van der Waals surface area contributed by atoms with Crippen LogP contribution in [0.15, 0.2) is 24.3 Å². The molecule has 0 atom stereocenters. The van der Waals surface area contributed by atoms with Crippen LogP contribution < -0.4 is 5.73 Å². The molecule has 6 nitrogen and oxygen atoms in total. The van der Waals surface area contributed by atoms with Crippen molar-refractivity contribution < 1.29 is 9.35 Å². The number of nitro groups is 1. The molecule has 0 unspecified atom stereocenters. The first-order valence-electron chi connectivity index (χ1n) is 9.00. The van der Waals surface area contributed by atoms with Crippen LogP contribution in [0.25, 0.3) is 10.9 Å². The zero-order valence-corrected chi connectivity index (χ0v) is 17.3. The Balaban J connectivity index is 2.07. The summed E-state index contributed by atoms with van der Waals surface area (Å²) in [6, 6.07) is 7.26. The number of aryl methyl sites for hydroxylation is 1. The zero-order chi connectivity index (χ0) is 19.5. The van der Waals surface area contributed by atoms with Crippen molar-refractivity contribution in [2.75, 3.05) is 12.3 Å². The van der Waals surface area contributed by atoms with Crippen molar-refractivity contribution in [1.29, 1.82) is 0 Å². The number of hydrogen-bond donors (Lipinski definition) is 1. The monoisotopic (exact) mass is 375 g/mol. The van der Waals surface area contributed by atoms with Gasteiger partial charge in [-0.1, -0.05) is 39.0 Å². The molecular weight excluding hydrogens is 346 g/mol. The summed E-state index contributed by atoms with van der Waals surface area (Å²) in [5, 5.41) is 12.3. The first-order chi connectivity index (χ1) is 12.0. The molecule has 2 aromatic rings. The molecule has 2 rings (SSSR count). The number of fused-ring (bicyclic) bond motifs is 1. The van der Waals surface area contributed by atoms with E-state index in [2.05, 4.69) is 38.8 Å². The van der Waals surface area contributed by atoms with Crippen molar-refractivity contribution in [2.24, 2.45) is 0 Å². The molecule has 0 saturated carbocycles. The van der Waals surface area contributed by atoms with Crippen LogP contribution in [0.4, 0.5) is 11.4 Å². The Morgan fingerprint density at radius 3 is 2.50 bits per heavy atom. The number of anilines is 1. The van der Waals surface area contributed by atoms with Crippen LogP contribution in [0.3, 0.4) is 0 Å². The van der Waals surface area contributed by atoms with E-state index in [1.54, 1.807) is 6.07 Å². The maximum atomic E-state index is 11.5. The summed E-state index contributed by atoms with van der Waals surface area (Å²) in [5.41, 5.74) is 7.35. The minimum Gasteiger partial charge on any atom is -0.417 e. The Bertz CT molecular complexity index is 800. The van der Waals surface area contributed by atoms with Crippen LogP contribution in [0.1, 0.15) is 39.3 Å². The van der Waals surface area contributed by atoms with Crippen LogP contribution >= 0.6 is 0 Å². The SMILES string of the molecule is CC(C)(C)[Si](C)(C)OCCCCc1nc2ccccc2c(N)c1[N+](=O)[O-]. The van der Waals surface area contributed by atoms with E-state index < -0.39 is 13.2 Å². The van der Waals surface area contributed by atoms with Gasteiger partial charge >= 0.3 is 5.69 Å². The molecule has 0 aliphatic carbocycles. The molecule has 0 aliphatic heterocycles. The second-order valence-electron chi connectivity index (χ2n) is 8.16. The van der Waals surface area contributed by atoms with E-state index in [0.717, 1.165) is 12.8 Å². The summed E-state index contributed by atoms with van der Waals surface area (Å²) in [5.74, 6) is 0. The third-order valence-corrected chi connectivity index (χ3v) is 9.78. The number of nitrogens with zero attached hydrogens (tertiary/aromatic N) is 2. The van der Waals surface area contributed by atoms with Gasteiger partial charge in [0.05, 0.1) is 10.4 Å². The minimum absolute atomic E-state index is 0.0611. The largest absolute Gasteiger partial charge is 0.417 e. The summed E-state index contributed by atoms with van der Waals surface area (Å²) in [4.78, 5) is 15.6. The molecule has 0 aliphatic rings. The van der Waals surface area contributed by atoms with E-state index in [0.29, 0.717) is 29.6 Å². The van der Waals surface area contributed by atoms with Crippen LogP contribution in [-0.2, 0) is 10.8 Å². The molecule has 0 saturated heterocycles. The fourth-order valence-corrected chi connectivity index (χ4v) is 3.68. The second-order valence-corrected chi connectivity index (χ2v) is 13.0. The summed E-state index contributed by atoms with van der Waals surface area (Å²) in [7, 11) is -1.75. The maximum Gasteiger partial charge on any atom is 0.314 e. The number of para-hydroxylation sites is 1. The van der Waals surface area contributed by atoms with Crippen molar-refractivity contribution in [3.63, 3.8) is 0 Å². The Morgan fingerprint density at radius 2 is 1.88 bits per heavy atom. The second kappa shape index (κ2) is 7.71. The van der Waals surface area contributed by atoms with Gasteiger partial charge in [-0.3, -0.25) is 10.1 Å². The van der Waals surface area contributed by atoms with E-state index in [-0.39, 0.29) is 16.4 Å². The number of benzene rings is 1. The van der Waals surface area contributed by atoms with Gasteiger partial charge in [-0.25, -0.2) is 4.98 Å². The lowest BCUT2D eigenvalue weighted by atomic mass is 10.1. The van der Waals surface area contributed by atoms with Crippen LogP contribution in [0, 0.1) is 10.1 Å². The van der Waals surface area contributed by atoms with E-state index in [1.807, 2.05) is 18.2 Å². The first-order valence-corrected chi connectivity index (χ1v) is 11.9. The fourth-order valence-electron chi connectivity index (χ4n) is 2.60. The highest BCUT2D eigenvalue weighted by Gasteiger charge is 2.36. The molecule has 1 aromatic heterocycles. The molecule has 1 aromatic carbocycles. The van der Waals surface area contributed by atoms with E-state index in [4.69, 9.17) is 10.2 Å². The fraction of sp³-hybridized carbons (Fsp3) is 0.526. The van der Waals surface area contributed by atoms with Crippen molar-refractivity contribution in [2.45, 2.75) is 58.2 Å². The number of aromatic nitrogens is 1. The molecular formula is C19H29N3O3Si. The Morgan fingerprint density at radius 1 is 1.23 bits per heavy atom. The predicted molar refractivity (Wildman–Crippen MR) is 109 cm³/mol. The van der Waals surface area contributed by atoms with Gasteiger partial charge in [0.2, 0.25) is 0 Å². The highest BCUT2D eigenvalue weighted by Crippen LogP contribution is 2.37. The van der Waals surface area contributed by atoms with Gasteiger partial charge < -0.3 is 10.2 Å². The average molecular weight is 376 g/mol. The van der Waals surface area contributed by atoms with Crippen molar-refractivity contribution in [3.8, 4) is 0 Å². The Labute approximate surface area is 156 Å². The first kappa shape index (κ1) is 20.3. The summed E-state index contributed by atoms with van der Waals surface area (Å²) in [6.07, 6.45) is 2.14. The van der Waals surface area contributed by atoms with Crippen molar-refractivity contribution in [3.05, 3.63) is 40.1 Å². The number of unbranched alkanes of at least 4 members (excludes halogenated alkanes) is 1. The molecule has 142 valence electrons. The molecule has 0 fully saturated rings. The lowest BCUT2D eigenvalue weighted by molar-refractivity contribution is -0.384. The van der Waals surface area contributed by atoms with E-state index in [1.165, 1.54) is 0 Å². The van der Waals surface area contributed by atoms with Gasteiger partial charge in [0.25, 0.3) is 0 Å². The Kier molecular flexibility index (Phi) is 6.03. The van der Waals surface area contributed by atoms with Crippen molar-refractivity contribution >= 4 is 30.6 Å². The Hall–Kier alpha value is -1.99. The van der Waals surface area contributed by atoms with E-state index >= 15 is 0 Å². The summed E-state index contributed by atoms with van der Waals surface area (Å²) in [6.45, 7) is 11.8. The highest BCUT2D eigenvalue weighted by atomic mass is 28.4. The molecule has 26 heavy (non-hydrogen) atoms. The smallest absolute Gasteiger partial charge is 0.314 e. The number of pyridine rings is 1. The normalized spacial score (nSPS) is 12.5. The average Bonchev–Trinajstić information content (AvgIpc) is 2.53. The third kappa shape index (κ3) is 4.39. The molecule has 7 heteroatoms. The van der Waals surface area contributed by atoms with Gasteiger partial charge in [0, 0.05) is 12.0 Å². The molecule has 2 N–H and O–H groups in total. The molecule has 0 bridgehead atoms. The summed E-state index contributed by atoms with van der Waals surface area (Å²) < 4.78 is 6.16. The van der Waals surface area contributed by atoms with Gasteiger partial charge in [-0.15, -0.1) is 0 Å². The molecule has 0 spiro atoms. The van der Waals surface area contributed by atoms with Crippen LogP contribution in [-0.4, -0.2) is 24.8 Å². The number of nitrogen functional groups attached to an aromatic ring is 1. The van der Waals surface area contributed by atoms with Gasteiger partial charge in [-0.05, 0) is 43.5 Å². The van der Waals surface area contributed by atoms with Gasteiger partial charge in [0.1, 0.15) is 11.4 Å². The van der Waals surface area contributed by atoms with Crippen LogP contribution in [0.2, 0.25) is 18.1 Å². The molecule has 1 heterocycles. The molecule has 0 amide bonds. The minimum atomic E-state index is -1.75. The lowest BCUT2D eigenvalue weighted by Crippen LogP contribution is -2.40. The highest BCUT2D eigenvalue weighted by molar-refractivity contribution is 6.74. The number of hydrogen-bond acceptors (Lipinski definition) is 5. The van der Waals surface area contributed by atoms with E-state index in [9.17, 15) is 10.1 Å². The number of rotatable bonds is 7.